The van der Waals surface area contributed by atoms with E-state index in [9.17, 15) is 18.4 Å². The lowest BCUT2D eigenvalue weighted by Gasteiger charge is -2.10. The minimum Gasteiger partial charge on any atom is -0.348 e. The number of carbonyl (C=O) groups is 1. The first kappa shape index (κ1) is 22.1. The fourth-order valence-electron chi connectivity index (χ4n) is 3.77. The van der Waals surface area contributed by atoms with Crippen LogP contribution in [0.3, 0.4) is 0 Å². The number of pyridine rings is 1. The van der Waals surface area contributed by atoms with Crippen LogP contribution in [0.25, 0.3) is 22.2 Å². The summed E-state index contributed by atoms with van der Waals surface area (Å²) in [5.41, 5.74) is 3.82. The predicted molar refractivity (Wildman–Crippen MR) is 125 cm³/mol. The molecule has 0 spiro atoms. The van der Waals surface area contributed by atoms with Gasteiger partial charge < -0.3 is 9.88 Å². The topological polar surface area (TPSA) is 90.0 Å². The molecule has 0 aliphatic rings. The van der Waals surface area contributed by atoms with E-state index < -0.39 is 23.1 Å². The summed E-state index contributed by atoms with van der Waals surface area (Å²) in [7, 11) is 0. The third-order valence-corrected chi connectivity index (χ3v) is 5.57. The molecule has 2 heterocycles. The third-order valence-electron chi connectivity index (χ3n) is 5.57. The molecule has 0 radical (unpaired) electrons. The molecule has 0 bridgehead atoms. The number of fused-ring (bicyclic) bond motifs is 1. The molecular weight excluding hydrogens is 454 g/mol. The molecule has 0 unspecified atom stereocenters. The number of aromatic nitrogens is 3. The molecule has 9 heteroatoms. The summed E-state index contributed by atoms with van der Waals surface area (Å²) in [6.07, 6.45) is 1.49. The van der Waals surface area contributed by atoms with Gasteiger partial charge in [0.25, 0.3) is 11.5 Å². The van der Waals surface area contributed by atoms with Crippen molar-refractivity contribution in [3.63, 3.8) is 0 Å². The van der Waals surface area contributed by atoms with Crippen molar-refractivity contribution in [3.8, 4) is 11.1 Å². The summed E-state index contributed by atoms with van der Waals surface area (Å²) in [4.78, 5) is 25.6. The maximum Gasteiger partial charge on any atom is 0.263 e. The smallest absolute Gasteiger partial charge is 0.263 e. The Morgan fingerprint density at radius 1 is 0.857 bits per heavy atom. The van der Waals surface area contributed by atoms with Crippen LogP contribution in [0.15, 0.2) is 88.4 Å². The quantitative estimate of drug-likeness (QED) is 0.398. The highest BCUT2D eigenvalue weighted by molar-refractivity contribution is 5.93. The Morgan fingerprint density at radius 2 is 1.69 bits per heavy atom. The molecule has 0 aliphatic heterocycles. The van der Waals surface area contributed by atoms with Gasteiger partial charge in [0.2, 0.25) is 0 Å². The van der Waals surface area contributed by atoms with Crippen LogP contribution in [-0.2, 0) is 13.1 Å². The van der Waals surface area contributed by atoms with E-state index in [1.807, 2.05) is 42.5 Å². The maximum absolute atomic E-state index is 13.5. The number of nitrogens with zero attached hydrogens (tertiary/aromatic N) is 3. The highest BCUT2D eigenvalue weighted by atomic mass is 19.2. The summed E-state index contributed by atoms with van der Waals surface area (Å²) in [5.74, 6) is -2.49. The van der Waals surface area contributed by atoms with Gasteiger partial charge in [0, 0.05) is 12.7 Å². The first-order valence-corrected chi connectivity index (χ1v) is 10.7. The van der Waals surface area contributed by atoms with Gasteiger partial charge in [-0.3, -0.25) is 9.59 Å². The molecule has 3 aromatic carbocycles. The van der Waals surface area contributed by atoms with Gasteiger partial charge >= 0.3 is 0 Å². The fourth-order valence-corrected chi connectivity index (χ4v) is 3.77. The number of halogens is 2. The Hall–Kier alpha value is -4.66. The summed E-state index contributed by atoms with van der Waals surface area (Å²) in [6.45, 7) is 0.211. The number of amides is 1. The van der Waals surface area contributed by atoms with Crippen LogP contribution in [0.2, 0.25) is 0 Å². The monoisotopic (exact) mass is 472 g/mol. The van der Waals surface area contributed by atoms with Gasteiger partial charge in [-0.05, 0) is 75.0 Å². The summed E-state index contributed by atoms with van der Waals surface area (Å²) >= 11 is 0. The van der Waals surface area contributed by atoms with E-state index in [0.717, 1.165) is 28.8 Å². The first-order valence-electron chi connectivity index (χ1n) is 10.7. The van der Waals surface area contributed by atoms with Crippen LogP contribution in [0.1, 0.15) is 21.5 Å². The van der Waals surface area contributed by atoms with E-state index >= 15 is 0 Å². The van der Waals surface area contributed by atoms with Crippen LogP contribution >= 0.6 is 0 Å². The molecule has 1 amide bonds. The zero-order valence-corrected chi connectivity index (χ0v) is 18.2. The Kier molecular flexibility index (Phi) is 5.88. The van der Waals surface area contributed by atoms with Crippen molar-refractivity contribution >= 4 is 16.9 Å². The lowest BCUT2D eigenvalue weighted by molar-refractivity contribution is 0.0949. The lowest BCUT2D eigenvalue weighted by atomic mass is 10.0. The van der Waals surface area contributed by atoms with E-state index in [1.54, 1.807) is 6.07 Å². The van der Waals surface area contributed by atoms with Crippen molar-refractivity contribution < 1.29 is 18.2 Å². The molecular formula is C26H18F2N4O3. The van der Waals surface area contributed by atoms with Crippen molar-refractivity contribution in [2.24, 2.45) is 0 Å². The van der Waals surface area contributed by atoms with Gasteiger partial charge in [-0.1, -0.05) is 30.3 Å². The second-order valence-electron chi connectivity index (χ2n) is 7.95. The molecule has 174 valence electrons. The molecule has 0 saturated heterocycles. The molecule has 5 aromatic rings. The molecule has 0 fully saturated rings. The van der Waals surface area contributed by atoms with Crippen LogP contribution in [-0.4, -0.2) is 20.8 Å². The maximum atomic E-state index is 13.5. The molecule has 0 saturated carbocycles. The molecule has 5 rings (SSSR count). The van der Waals surface area contributed by atoms with Crippen LogP contribution in [0.4, 0.5) is 8.78 Å². The highest BCUT2D eigenvalue weighted by Gasteiger charge is 2.13. The van der Waals surface area contributed by atoms with Gasteiger partial charge in [-0.2, -0.15) is 0 Å². The van der Waals surface area contributed by atoms with Crippen LogP contribution in [0, 0.1) is 11.6 Å². The van der Waals surface area contributed by atoms with Crippen LogP contribution < -0.4 is 10.9 Å². The van der Waals surface area contributed by atoms with Gasteiger partial charge in [-0.25, -0.2) is 13.4 Å². The predicted octanol–water partition coefficient (Wildman–Crippen LogP) is 4.31. The van der Waals surface area contributed by atoms with Crippen molar-refractivity contribution in [1.82, 2.24) is 20.2 Å². The van der Waals surface area contributed by atoms with E-state index in [4.69, 9.17) is 4.63 Å². The standard InChI is InChI=1S/C26H18F2N4O3/c27-21-8-6-17(12-22(21)28)15-32-10-2-5-20(26(32)34)25(33)29-14-16-3-1-4-18(11-16)19-7-9-23-24(13-19)31-35-30-23/h1-13H,14-15H2,(H,29,33). The Balaban J connectivity index is 1.30. The Bertz CT molecular complexity index is 1610. The SMILES string of the molecule is O=C(NCc1cccc(-c2ccc3nonc3c2)c1)c1cccn(Cc2ccc(F)c(F)c2)c1=O. The number of rotatable bonds is 6. The van der Waals surface area contributed by atoms with Gasteiger partial charge in [-0.15, -0.1) is 0 Å². The van der Waals surface area contributed by atoms with Gasteiger partial charge in [0.1, 0.15) is 16.6 Å². The zero-order chi connectivity index (χ0) is 24.4. The van der Waals surface area contributed by atoms with E-state index in [-0.39, 0.29) is 18.7 Å². The minimum atomic E-state index is -0.996. The average Bonchev–Trinajstić information content (AvgIpc) is 3.34. The van der Waals surface area contributed by atoms with Crippen molar-refractivity contribution in [1.29, 1.82) is 0 Å². The lowest BCUT2D eigenvalue weighted by Crippen LogP contribution is -2.32. The zero-order valence-electron chi connectivity index (χ0n) is 18.2. The van der Waals surface area contributed by atoms with Crippen LogP contribution in [0.5, 0.6) is 0 Å². The fraction of sp³-hybridized carbons (Fsp3) is 0.0769. The van der Waals surface area contributed by atoms with Gasteiger partial charge in [0.05, 0.1) is 6.54 Å². The van der Waals surface area contributed by atoms with Crippen molar-refractivity contribution in [3.05, 3.63) is 118 Å². The normalized spacial score (nSPS) is 11.0. The molecule has 0 aliphatic carbocycles. The molecule has 0 atom stereocenters. The Morgan fingerprint density at radius 3 is 2.54 bits per heavy atom. The minimum absolute atomic E-state index is 0.00455. The van der Waals surface area contributed by atoms with E-state index in [0.29, 0.717) is 16.6 Å². The van der Waals surface area contributed by atoms with Crippen molar-refractivity contribution in [2.45, 2.75) is 13.1 Å². The second kappa shape index (κ2) is 9.30. The number of carbonyl (C=O) groups excluding carboxylic acids is 1. The molecule has 2 aromatic heterocycles. The number of nitrogens with one attached hydrogen (secondary N) is 1. The largest absolute Gasteiger partial charge is 0.348 e. The Labute approximate surface area is 197 Å². The molecule has 1 N–H and O–H groups in total. The summed E-state index contributed by atoms with van der Waals surface area (Å²) < 4.78 is 32.7. The second-order valence-corrected chi connectivity index (χ2v) is 7.95. The third kappa shape index (κ3) is 4.70. The van der Waals surface area contributed by atoms with Crippen molar-refractivity contribution in [2.75, 3.05) is 0 Å². The first-order chi connectivity index (χ1) is 17.0. The van der Waals surface area contributed by atoms with E-state index in [1.165, 1.54) is 22.9 Å². The highest BCUT2D eigenvalue weighted by Crippen LogP contribution is 2.23. The van der Waals surface area contributed by atoms with E-state index in [2.05, 4.69) is 15.6 Å². The molecule has 7 nitrogen and oxygen atoms in total. The summed E-state index contributed by atoms with van der Waals surface area (Å²) in [5, 5.41) is 10.4. The number of hydrogen-bond acceptors (Lipinski definition) is 5. The summed E-state index contributed by atoms with van der Waals surface area (Å²) in [6, 6.07) is 19.6. The number of hydrogen-bond donors (Lipinski definition) is 1. The average molecular weight is 472 g/mol. The van der Waals surface area contributed by atoms with Gasteiger partial charge in [0.15, 0.2) is 11.6 Å². The number of benzene rings is 3. The molecule has 35 heavy (non-hydrogen) atoms.